The van der Waals surface area contributed by atoms with E-state index in [1.807, 2.05) is 11.9 Å². The van der Waals surface area contributed by atoms with Gasteiger partial charge in [0.05, 0.1) is 0 Å². The molecule has 0 radical (unpaired) electrons. The Bertz CT molecular complexity index is 455. The summed E-state index contributed by atoms with van der Waals surface area (Å²) in [6, 6.07) is 9.71. The van der Waals surface area contributed by atoms with Gasteiger partial charge in [-0.1, -0.05) is 37.6 Å². The Kier molecular flexibility index (Phi) is 5.80. The first-order valence-corrected chi connectivity index (χ1v) is 8.19. The Morgan fingerprint density at radius 1 is 1.33 bits per heavy atom. The second-order valence-corrected chi connectivity index (χ2v) is 6.24. The van der Waals surface area contributed by atoms with Crippen LogP contribution in [-0.2, 0) is 11.2 Å². The largest absolute Gasteiger partial charge is 0.344 e. The van der Waals surface area contributed by atoms with E-state index in [1.54, 1.807) is 0 Å². The van der Waals surface area contributed by atoms with Gasteiger partial charge in [-0.3, -0.25) is 4.79 Å². The number of aryl methyl sites for hydroxylation is 1. The predicted octanol–water partition coefficient (Wildman–Crippen LogP) is 3.30. The second-order valence-electron chi connectivity index (χ2n) is 6.24. The molecule has 1 saturated heterocycles. The molecule has 2 rings (SSSR count). The molecular formula is C18H28N2O. The Balaban J connectivity index is 1.88. The third-order valence-electron chi connectivity index (χ3n) is 4.41. The maximum atomic E-state index is 11.5. The number of piperidine rings is 1. The van der Waals surface area contributed by atoms with Crippen molar-refractivity contribution >= 4 is 5.91 Å². The predicted molar refractivity (Wildman–Crippen MR) is 87.3 cm³/mol. The summed E-state index contributed by atoms with van der Waals surface area (Å²) in [5, 5.41) is 3.65. The number of amides is 1. The molecule has 2 atom stereocenters. The van der Waals surface area contributed by atoms with E-state index in [-0.39, 0.29) is 5.91 Å². The molecule has 0 bridgehead atoms. The van der Waals surface area contributed by atoms with E-state index in [0.717, 1.165) is 13.0 Å². The average molecular weight is 288 g/mol. The molecule has 21 heavy (non-hydrogen) atoms. The number of rotatable bonds is 6. The molecule has 1 amide bonds. The lowest BCUT2D eigenvalue weighted by molar-refractivity contribution is -0.132. The van der Waals surface area contributed by atoms with Gasteiger partial charge in [-0.2, -0.15) is 0 Å². The Hall–Kier alpha value is -1.35. The number of hydrogen-bond acceptors (Lipinski definition) is 2. The van der Waals surface area contributed by atoms with Crippen LogP contribution < -0.4 is 5.32 Å². The molecule has 1 aromatic rings. The van der Waals surface area contributed by atoms with Gasteiger partial charge in [0.2, 0.25) is 5.91 Å². The minimum Gasteiger partial charge on any atom is -0.344 e. The fourth-order valence-corrected chi connectivity index (χ4v) is 2.95. The smallest absolute Gasteiger partial charge is 0.222 e. The lowest BCUT2D eigenvalue weighted by Gasteiger charge is -2.32. The van der Waals surface area contributed by atoms with E-state index in [1.165, 1.54) is 30.4 Å². The third-order valence-corrected chi connectivity index (χ3v) is 4.41. The summed E-state index contributed by atoms with van der Waals surface area (Å²) in [5.74, 6) is 0.265. The van der Waals surface area contributed by atoms with Crippen LogP contribution in [0.15, 0.2) is 24.3 Å². The fraction of sp³-hybridized carbons (Fsp3) is 0.611. The Morgan fingerprint density at radius 2 is 2.05 bits per heavy atom. The van der Waals surface area contributed by atoms with E-state index in [0.29, 0.717) is 18.5 Å². The molecule has 116 valence electrons. The number of likely N-dealkylation sites (N-methyl/N-ethyl adjacent to an activating group) is 1. The maximum Gasteiger partial charge on any atom is 0.222 e. The number of unbranched alkanes of at least 4 members (excludes halogenated alkanes) is 1. The fourth-order valence-electron chi connectivity index (χ4n) is 2.95. The molecule has 2 unspecified atom stereocenters. The molecule has 1 heterocycles. The highest BCUT2D eigenvalue weighted by atomic mass is 16.2. The zero-order chi connectivity index (χ0) is 15.2. The minimum atomic E-state index is 0.265. The van der Waals surface area contributed by atoms with Gasteiger partial charge in [0.15, 0.2) is 0 Å². The number of carbonyl (C=O) groups excluding carboxylic acids is 1. The monoisotopic (exact) mass is 288 g/mol. The first-order chi connectivity index (χ1) is 10.1. The lowest BCUT2D eigenvalue weighted by Crippen LogP contribution is -2.47. The van der Waals surface area contributed by atoms with Crippen LogP contribution in [0.1, 0.15) is 56.7 Å². The SMILES string of the molecule is CCCCc1ccc(C(C)NC2CCC(=O)N(C)C2)cc1. The zero-order valence-corrected chi connectivity index (χ0v) is 13.6. The summed E-state index contributed by atoms with van der Waals surface area (Å²) < 4.78 is 0. The number of nitrogens with zero attached hydrogens (tertiary/aromatic N) is 1. The molecule has 0 saturated carbocycles. The Morgan fingerprint density at radius 3 is 2.67 bits per heavy atom. The molecule has 0 spiro atoms. The molecule has 1 aromatic carbocycles. The van der Waals surface area contributed by atoms with Crippen molar-refractivity contribution < 1.29 is 4.79 Å². The van der Waals surface area contributed by atoms with Gasteiger partial charge in [0.25, 0.3) is 0 Å². The van der Waals surface area contributed by atoms with E-state index in [4.69, 9.17) is 0 Å². The van der Waals surface area contributed by atoms with Gasteiger partial charge >= 0.3 is 0 Å². The zero-order valence-electron chi connectivity index (χ0n) is 13.6. The van der Waals surface area contributed by atoms with Crippen LogP contribution >= 0.6 is 0 Å². The van der Waals surface area contributed by atoms with Gasteiger partial charge in [-0.15, -0.1) is 0 Å². The summed E-state index contributed by atoms with van der Waals surface area (Å²) >= 11 is 0. The van der Waals surface area contributed by atoms with Crippen molar-refractivity contribution in [2.45, 2.75) is 58.0 Å². The first-order valence-electron chi connectivity index (χ1n) is 8.19. The summed E-state index contributed by atoms with van der Waals surface area (Å²) in [5.41, 5.74) is 2.76. The average Bonchev–Trinajstić information content (AvgIpc) is 2.49. The highest BCUT2D eigenvalue weighted by Gasteiger charge is 2.23. The van der Waals surface area contributed by atoms with Crippen LogP contribution in [0.4, 0.5) is 0 Å². The van der Waals surface area contributed by atoms with Crippen molar-refractivity contribution in [3.05, 3.63) is 35.4 Å². The summed E-state index contributed by atoms with van der Waals surface area (Å²) in [4.78, 5) is 13.4. The van der Waals surface area contributed by atoms with Crippen LogP contribution in [0.2, 0.25) is 0 Å². The molecule has 1 fully saturated rings. The molecule has 0 aromatic heterocycles. The highest BCUT2D eigenvalue weighted by Crippen LogP contribution is 2.18. The van der Waals surface area contributed by atoms with Gasteiger partial charge in [-0.25, -0.2) is 0 Å². The van der Waals surface area contributed by atoms with Crippen LogP contribution in [0.3, 0.4) is 0 Å². The van der Waals surface area contributed by atoms with Crippen molar-refractivity contribution in [3.63, 3.8) is 0 Å². The lowest BCUT2D eigenvalue weighted by atomic mass is 10.0. The number of likely N-dealkylation sites (tertiary alicyclic amines) is 1. The number of benzene rings is 1. The van der Waals surface area contributed by atoms with Crippen LogP contribution in [0.5, 0.6) is 0 Å². The van der Waals surface area contributed by atoms with E-state index < -0.39 is 0 Å². The van der Waals surface area contributed by atoms with Crippen LogP contribution in [0.25, 0.3) is 0 Å². The second kappa shape index (κ2) is 7.60. The third kappa shape index (κ3) is 4.57. The van der Waals surface area contributed by atoms with Gasteiger partial charge < -0.3 is 10.2 Å². The highest BCUT2D eigenvalue weighted by molar-refractivity contribution is 5.76. The van der Waals surface area contributed by atoms with Gasteiger partial charge in [0, 0.05) is 32.1 Å². The molecular weight excluding hydrogens is 260 g/mol. The molecule has 3 heteroatoms. The van der Waals surface area contributed by atoms with E-state index in [9.17, 15) is 4.79 Å². The standard InChI is InChI=1S/C18H28N2O/c1-4-5-6-15-7-9-16(10-8-15)14(2)19-17-11-12-18(21)20(3)13-17/h7-10,14,17,19H,4-6,11-13H2,1-3H3. The van der Waals surface area contributed by atoms with Gasteiger partial charge in [0.1, 0.15) is 0 Å². The quantitative estimate of drug-likeness (QED) is 0.871. The maximum absolute atomic E-state index is 11.5. The number of carbonyl (C=O) groups is 1. The molecule has 1 aliphatic heterocycles. The Labute approximate surface area is 128 Å². The van der Waals surface area contributed by atoms with Crippen molar-refractivity contribution in [1.82, 2.24) is 10.2 Å². The molecule has 0 aliphatic carbocycles. The van der Waals surface area contributed by atoms with Crippen LogP contribution in [-0.4, -0.2) is 30.4 Å². The molecule has 3 nitrogen and oxygen atoms in total. The van der Waals surface area contributed by atoms with Crippen molar-refractivity contribution in [1.29, 1.82) is 0 Å². The van der Waals surface area contributed by atoms with Gasteiger partial charge in [-0.05, 0) is 37.3 Å². The van der Waals surface area contributed by atoms with Crippen molar-refractivity contribution in [2.75, 3.05) is 13.6 Å². The van der Waals surface area contributed by atoms with E-state index >= 15 is 0 Å². The van der Waals surface area contributed by atoms with Crippen LogP contribution in [0, 0.1) is 0 Å². The number of hydrogen-bond donors (Lipinski definition) is 1. The molecule has 1 aliphatic rings. The van der Waals surface area contributed by atoms with Crippen molar-refractivity contribution in [3.8, 4) is 0 Å². The molecule has 1 N–H and O–H groups in total. The van der Waals surface area contributed by atoms with Crippen molar-refractivity contribution in [2.24, 2.45) is 0 Å². The number of nitrogens with one attached hydrogen (secondary N) is 1. The topological polar surface area (TPSA) is 32.3 Å². The summed E-state index contributed by atoms with van der Waals surface area (Å²) in [6.07, 6.45) is 5.29. The summed E-state index contributed by atoms with van der Waals surface area (Å²) in [7, 11) is 1.89. The first kappa shape index (κ1) is 16.0. The minimum absolute atomic E-state index is 0.265. The summed E-state index contributed by atoms with van der Waals surface area (Å²) in [6.45, 7) is 5.25. The van der Waals surface area contributed by atoms with E-state index in [2.05, 4.69) is 43.4 Å². The normalized spacial score (nSPS) is 20.6.